The summed E-state index contributed by atoms with van der Waals surface area (Å²) in [5.74, 6) is 0.112. The molecule has 1 aromatic carbocycles. The van der Waals surface area contributed by atoms with E-state index in [0.717, 1.165) is 51.4 Å². The third-order valence-electron chi connectivity index (χ3n) is 6.56. The van der Waals surface area contributed by atoms with Crippen LogP contribution in [0.4, 0.5) is 0 Å². The highest BCUT2D eigenvalue weighted by Gasteiger charge is 2.33. The third-order valence-corrected chi connectivity index (χ3v) is 7.23. The number of pyridine rings is 2. The number of benzene rings is 1. The number of rotatable bonds is 3. The Labute approximate surface area is 206 Å². The first kappa shape index (κ1) is 22.3. The van der Waals surface area contributed by atoms with Gasteiger partial charge in [0.15, 0.2) is 0 Å². The Bertz CT molecular complexity index is 1130. The van der Waals surface area contributed by atoms with Crippen molar-refractivity contribution >= 4 is 33.4 Å². The fourth-order valence-corrected chi connectivity index (χ4v) is 5.44. The molecule has 2 aliphatic rings. The van der Waals surface area contributed by atoms with Crippen LogP contribution in [0, 0.1) is 0 Å². The largest absolute Gasteiger partial charge is 0.340 e. The number of aromatic nitrogens is 2. The van der Waals surface area contributed by atoms with E-state index >= 15 is 0 Å². The Hall–Kier alpha value is -2.48. The van der Waals surface area contributed by atoms with Crippen molar-refractivity contribution in [3.8, 4) is 0 Å². The van der Waals surface area contributed by atoms with Gasteiger partial charge in [0, 0.05) is 58.7 Å². The molecular formula is C25H25BrClN4O2+. The molecule has 0 bridgehead atoms. The number of carbonyl (C=O) groups excluding carboxylic acids is 1. The summed E-state index contributed by atoms with van der Waals surface area (Å²) >= 11 is 9.91. The molecule has 33 heavy (non-hydrogen) atoms. The number of piperazine rings is 1. The quantitative estimate of drug-likeness (QED) is 0.417. The minimum Gasteiger partial charge on any atom is -0.340 e. The van der Waals surface area contributed by atoms with E-state index in [1.165, 1.54) is 16.7 Å². The summed E-state index contributed by atoms with van der Waals surface area (Å²) in [7, 11) is 0. The Balaban J connectivity index is 1.36. The maximum atomic E-state index is 12.9. The zero-order chi connectivity index (χ0) is 22.9. The van der Waals surface area contributed by atoms with Gasteiger partial charge in [0.05, 0.1) is 18.2 Å². The molecule has 3 heterocycles. The molecule has 1 fully saturated rings. The van der Waals surface area contributed by atoms with Crippen LogP contribution in [0.15, 0.2) is 59.5 Å². The van der Waals surface area contributed by atoms with E-state index in [9.17, 15) is 10.0 Å². The minimum atomic E-state index is 0.0502. The zero-order valence-electron chi connectivity index (χ0n) is 18.1. The van der Waals surface area contributed by atoms with Crippen molar-refractivity contribution < 1.29 is 14.7 Å². The van der Waals surface area contributed by atoms with Crippen LogP contribution in [0.2, 0.25) is 5.02 Å². The average molecular weight is 529 g/mol. The molecule has 1 saturated heterocycles. The van der Waals surface area contributed by atoms with E-state index in [-0.39, 0.29) is 11.9 Å². The van der Waals surface area contributed by atoms with Gasteiger partial charge in [-0.1, -0.05) is 17.7 Å². The summed E-state index contributed by atoms with van der Waals surface area (Å²) in [5.41, 5.74) is 5.77. The summed E-state index contributed by atoms with van der Waals surface area (Å²) in [4.78, 5) is 22.1. The highest BCUT2D eigenvalue weighted by atomic mass is 79.9. The molecule has 170 valence electrons. The molecule has 6 nitrogen and oxygen atoms in total. The Morgan fingerprint density at radius 1 is 1.09 bits per heavy atom. The highest BCUT2D eigenvalue weighted by Crippen LogP contribution is 2.38. The van der Waals surface area contributed by atoms with E-state index in [1.54, 1.807) is 24.5 Å². The molecule has 1 N–H and O–H groups in total. The smallest absolute Gasteiger partial charge is 0.227 e. The van der Waals surface area contributed by atoms with Crippen molar-refractivity contribution in [2.75, 3.05) is 26.2 Å². The molecule has 5 rings (SSSR count). The van der Waals surface area contributed by atoms with E-state index < -0.39 is 0 Å². The predicted molar refractivity (Wildman–Crippen MR) is 128 cm³/mol. The summed E-state index contributed by atoms with van der Waals surface area (Å²) < 4.78 is 1.97. The first-order chi connectivity index (χ1) is 16.0. The van der Waals surface area contributed by atoms with Crippen LogP contribution in [-0.2, 0) is 24.1 Å². The second-order valence-corrected chi connectivity index (χ2v) is 9.98. The maximum absolute atomic E-state index is 12.9. The average Bonchev–Trinajstić information content (AvgIpc) is 2.97. The summed E-state index contributed by atoms with van der Waals surface area (Å²) in [5, 5.41) is 10.1. The fourth-order valence-electron chi connectivity index (χ4n) is 4.87. The summed E-state index contributed by atoms with van der Waals surface area (Å²) in [6, 6.07) is 12.0. The lowest BCUT2D eigenvalue weighted by Gasteiger charge is -2.40. The van der Waals surface area contributed by atoms with Crippen LogP contribution in [0.25, 0.3) is 0 Å². The molecule has 8 heteroatoms. The first-order valence-corrected chi connectivity index (χ1v) is 12.3. The van der Waals surface area contributed by atoms with Gasteiger partial charge in [-0.3, -0.25) is 19.9 Å². The van der Waals surface area contributed by atoms with Crippen molar-refractivity contribution in [1.29, 1.82) is 0 Å². The maximum Gasteiger partial charge on any atom is 0.227 e. The number of amides is 1. The molecule has 0 spiro atoms. The number of hydrogen-bond donors (Lipinski definition) is 1. The number of carbonyl (C=O) groups is 1. The molecule has 1 amide bonds. The molecular weight excluding hydrogens is 504 g/mol. The summed E-state index contributed by atoms with van der Waals surface area (Å²) in [6.07, 6.45) is 7.15. The van der Waals surface area contributed by atoms with Crippen LogP contribution in [0.5, 0.6) is 0 Å². The lowest BCUT2D eigenvalue weighted by Crippen LogP contribution is -2.50. The van der Waals surface area contributed by atoms with E-state index in [2.05, 4.69) is 39.0 Å². The number of nitrogens with zero attached hydrogens (tertiary/aromatic N) is 4. The first-order valence-electron chi connectivity index (χ1n) is 11.1. The molecule has 2 aromatic heterocycles. The second-order valence-electron chi connectivity index (χ2n) is 8.62. The Kier molecular flexibility index (Phi) is 6.36. The van der Waals surface area contributed by atoms with Gasteiger partial charge in [-0.25, -0.2) is 0 Å². The van der Waals surface area contributed by atoms with Gasteiger partial charge >= 0.3 is 0 Å². The zero-order valence-corrected chi connectivity index (χ0v) is 20.5. The van der Waals surface area contributed by atoms with Gasteiger partial charge in [0.2, 0.25) is 18.3 Å². The monoisotopic (exact) mass is 527 g/mol. The predicted octanol–water partition coefficient (Wildman–Crippen LogP) is 3.60. The molecule has 0 radical (unpaired) electrons. The van der Waals surface area contributed by atoms with Gasteiger partial charge in [0.25, 0.3) is 0 Å². The van der Waals surface area contributed by atoms with Crippen LogP contribution in [0.1, 0.15) is 34.0 Å². The highest BCUT2D eigenvalue weighted by molar-refractivity contribution is 9.10. The summed E-state index contributed by atoms with van der Waals surface area (Å²) in [6.45, 7) is 2.91. The topological polar surface area (TPSA) is 60.6 Å². The van der Waals surface area contributed by atoms with Gasteiger partial charge in [-0.15, -0.1) is 0 Å². The van der Waals surface area contributed by atoms with E-state index in [1.807, 2.05) is 17.2 Å². The third kappa shape index (κ3) is 4.76. The van der Waals surface area contributed by atoms with Crippen molar-refractivity contribution in [3.63, 3.8) is 0 Å². The van der Waals surface area contributed by atoms with Crippen LogP contribution in [-0.4, -0.2) is 52.1 Å². The van der Waals surface area contributed by atoms with E-state index in [0.29, 0.717) is 19.5 Å². The normalized spacial score (nSPS) is 18.4. The number of fused-ring (bicyclic) bond motifs is 2. The van der Waals surface area contributed by atoms with Crippen LogP contribution in [0.3, 0.4) is 0 Å². The second kappa shape index (κ2) is 9.41. The van der Waals surface area contributed by atoms with Crippen molar-refractivity contribution in [3.05, 3.63) is 92.4 Å². The fraction of sp³-hybridized carbons (Fsp3) is 0.320. The molecule has 0 unspecified atom stereocenters. The molecule has 3 aromatic rings. The molecule has 0 saturated carbocycles. The van der Waals surface area contributed by atoms with Crippen LogP contribution < -0.4 is 4.73 Å². The van der Waals surface area contributed by atoms with Crippen molar-refractivity contribution in [1.82, 2.24) is 14.8 Å². The Morgan fingerprint density at radius 3 is 2.58 bits per heavy atom. The molecule has 1 aliphatic carbocycles. The number of halogens is 2. The lowest BCUT2D eigenvalue weighted by molar-refractivity contribution is -0.904. The van der Waals surface area contributed by atoms with Gasteiger partial charge < -0.3 is 4.90 Å². The SMILES string of the molecule is O=C(Cc1cc[n+](O)cc1)N1CCN([C@H]2c3ccc(Cl)cc3CCc3cc(Br)cnc32)CC1. The Morgan fingerprint density at radius 2 is 1.82 bits per heavy atom. The van der Waals surface area contributed by atoms with Gasteiger partial charge in [-0.05, 0) is 69.2 Å². The standard InChI is InChI=1S/C25H25BrClN4O2/c26-20-14-19-2-1-18-15-21(27)3-4-22(18)25(24(19)28-16-20)30-11-9-29(10-12-30)23(32)13-17-5-7-31(33)8-6-17/h3-8,14-16,25,33H,1-2,9-13H2/q+1/t25-/m0/s1. The number of aryl methyl sites for hydroxylation is 2. The molecule has 1 atom stereocenters. The number of hydrogen-bond acceptors (Lipinski definition) is 4. The van der Waals surface area contributed by atoms with E-state index in [4.69, 9.17) is 16.6 Å². The van der Waals surface area contributed by atoms with Crippen LogP contribution >= 0.6 is 27.5 Å². The van der Waals surface area contributed by atoms with Crippen molar-refractivity contribution in [2.24, 2.45) is 0 Å². The minimum absolute atomic E-state index is 0.0502. The van der Waals surface area contributed by atoms with Gasteiger partial charge in [0.1, 0.15) is 0 Å². The molecule has 1 aliphatic heterocycles. The van der Waals surface area contributed by atoms with Gasteiger partial charge in [-0.2, -0.15) is 0 Å². The lowest BCUT2D eigenvalue weighted by atomic mass is 9.96. The van der Waals surface area contributed by atoms with Crippen molar-refractivity contribution in [2.45, 2.75) is 25.3 Å².